The van der Waals surface area contributed by atoms with Crippen LogP contribution in [0.5, 0.6) is 0 Å². The number of aliphatic hydroxyl groups excluding tert-OH is 1. The van der Waals surface area contributed by atoms with E-state index in [2.05, 4.69) is 0 Å². The van der Waals surface area contributed by atoms with Gasteiger partial charge in [0.2, 0.25) is 5.82 Å². The fourth-order valence-electron chi connectivity index (χ4n) is 1.50. The molecule has 0 amide bonds. The van der Waals surface area contributed by atoms with Crippen LogP contribution in [0, 0.1) is 21.8 Å². The summed E-state index contributed by atoms with van der Waals surface area (Å²) in [6.45, 7) is 3.81. The maximum Gasteiger partial charge on any atom is 0.304 e. The van der Waals surface area contributed by atoms with Crippen LogP contribution in [0.2, 0.25) is 0 Å². The van der Waals surface area contributed by atoms with Gasteiger partial charge >= 0.3 is 5.69 Å². The lowest BCUT2D eigenvalue weighted by atomic mass is 9.99. The van der Waals surface area contributed by atoms with Gasteiger partial charge in [0.1, 0.15) is 0 Å². The van der Waals surface area contributed by atoms with Crippen molar-refractivity contribution in [3.8, 4) is 0 Å². The quantitative estimate of drug-likeness (QED) is 0.636. The second-order valence-electron chi connectivity index (χ2n) is 4.39. The summed E-state index contributed by atoms with van der Waals surface area (Å²) in [7, 11) is 0. The van der Waals surface area contributed by atoms with E-state index in [0.717, 1.165) is 12.1 Å². The van der Waals surface area contributed by atoms with E-state index in [4.69, 9.17) is 0 Å². The number of benzene rings is 1. The summed E-state index contributed by atoms with van der Waals surface area (Å²) in [4.78, 5) is 9.67. The molecular weight excluding hydrogens is 225 g/mol. The first-order chi connectivity index (χ1) is 7.91. The van der Waals surface area contributed by atoms with Crippen molar-refractivity contribution in [2.24, 2.45) is 5.92 Å². The van der Waals surface area contributed by atoms with Crippen molar-refractivity contribution < 1.29 is 14.4 Å². The van der Waals surface area contributed by atoms with Crippen LogP contribution in [0.1, 0.15) is 25.8 Å². The molecule has 94 valence electrons. The third-order valence-corrected chi connectivity index (χ3v) is 2.71. The Balaban J connectivity index is 2.68. The molecule has 1 unspecified atom stereocenters. The number of hydrogen-bond donors (Lipinski definition) is 1. The van der Waals surface area contributed by atoms with Gasteiger partial charge in [-0.15, -0.1) is 0 Å². The Morgan fingerprint density at radius 2 is 2.12 bits per heavy atom. The Kier molecular flexibility index (Phi) is 4.57. The number of hydrogen-bond acceptors (Lipinski definition) is 3. The van der Waals surface area contributed by atoms with Crippen LogP contribution in [-0.2, 0) is 6.42 Å². The third-order valence-electron chi connectivity index (χ3n) is 2.71. The predicted molar refractivity (Wildman–Crippen MR) is 62.2 cm³/mol. The lowest BCUT2D eigenvalue weighted by molar-refractivity contribution is -0.387. The minimum atomic E-state index is -0.827. The molecule has 0 saturated carbocycles. The number of aryl methyl sites for hydroxylation is 1. The molecule has 1 aromatic carbocycles. The Hall–Kier alpha value is -1.49. The van der Waals surface area contributed by atoms with E-state index >= 15 is 0 Å². The highest BCUT2D eigenvalue weighted by atomic mass is 19.1. The van der Waals surface area contributed by atoms with Gasteiger partial charge in [-0.2, -0.15) is 4.39 Å². The molecule has 0 saturated heterocycles. The van der Waals surface area contributed by atoms with Crippen LogP contribution in [0.25, 0.3) is 0 Å². The topological polar surface area (TPSA) is 63.4 Å². The summed E-state index contributed by atoms with van der Waals surface area (Å²) in [6.07, 6.45) is 0.594. The van der Waals surface area contributed by atoms with Gasteiger partial charge in [0.15, 0.2) is 0 Å². The molecule has 0 spiro atoms. The lowest BCUT2D eigenvalue weighted by Gasteiger charge is -2.13. The SMILES string of the molecule is CC(C)C(O)CCc1ccc([N+](=O)[O-])c(F)c1. The molecule has 5 heteroatoms. The fraction of sp³-hybridized carbons (Fsp3) is 0.500. The molecule has 0 bridgehead atoms. The first-order valence-electron chi connectivity index (χ1n) is 5.52. The van der Waals surface area contributed by atoms with Crippen molar-refractivity contribution in [2.75, 3.05) is 0 Å². The van der Waals surface area contributed by atoms with E-state index in [0.29, 0.717) is 18.4 Å². The van der Waals surface area contributed by atoms with Crippen molar-refractivity contribution in [1.82, 2.24) is 0 Å². The predicted octanol–water partition coefficient (Wildman–Crippen LogP) is 2.68. The molecule has 4 nitrogen and oxygen atoms in total. The normalized spacial score (nSPS) is 12.8. The van der Waals surface area contributed by atoms with Crippen molar-refractivity contribution in [3.05, 3.63) is 39.7 Å². The second kappa shape index (κ2) is 5.72. The molecule has 0 aliphatic carbocycles. The fourth-order valence-corrected chi connectivity index (χ4v) is 1.50. The van der Waals surface area contributed by atoms with Crippen LogP contribution >= 0.6 is 0 Å². The summed E-state index contributed by atoms with van der Waals surface area (Å²) in [5.41, 5.74) is 0.144. The Bertz CT molecular complexity index is 407. The molecule has 0 fully saturated rings. The first kappa shape index (κ1) is 13.6. The smallest absolute Gasteiger partial charge is 0.304 e. The van der Waals surface area contributed by atoms with Gasteiger partial charge in [-0.3, -0.25) is 10.1 Å². The van der Waals surface area contributed by atoms with E-state index in [1.165, 1.54) is 6.07 Å². The molecule has 1 N–H and O–H groups in total. The zero-order chi connectivity index (χ0) is 13.0. The van der Waals surface area contributed by atoms with Crippen molar-refractivity contribution in [2.45, 2.75) is 32.8 Å². The van der Waals surface area contributed by atoms with Crippen LogP contribution in [-0.4, -0.2) is 16.1 Å². The third kappa shape index (κ3) is 3.78. The van der Waals surface area contributed by atoms with Gasteiger partial charge in [0, 0.05) is 6.07 Å². The number of nitro groups is 1. The van der Waals surface area contributed by atoms with E-state index in [1.807, 2.05) is 13.8 Å². The molecular formula is C12H16FNO3. The largest absolute Gasteiger partial charge is 0.393 e. The van der Waals surface area contributed by atoms with Crippen LogP contribution in [0.15, 0.2) is 18.2 Å². The van der Waals surface area contributed by atoms with Gasteiger partial charge < -0.3 is 5.11 Å². The molecule has 17 heavy (non-hydrogen) atoms. The molecule has 1 aromatic rings. The Labute approximate surface area is 99.2 Å². The average Bonchev–Trinajstić information content (AvgIpc) is 2.25. The lowest BCUT2D eigenvalue weighted by Crippen LogP contribution is -2.15. The van der Waals surface area contributed by atoms with E-state index in [9.17, 15) is 19.6 Å². The van der Waals surface area contributed by atoms with Gasteiger partial charge in [-0.1, -0.05) is 19.9 Å². The zero-order valence-corrected chi connectivity index (χ0v) is 9.89. The maximum atomic E-state index is 13.3. The number of nitrogens with zero attached hydrogens (tertiary/aromatic N) is 1. The number of halogens is 1. The highest BCUT2D eigenvalue weighted by Crippen LogP contribution is 2.19. The highest BCUT2D eigenvalue weighted by molar-refractivity contribution is 5.35. The maximum absolute atomic E-state index is 13.3. The molecule has 1 atom stereocenters. The molecule has 0 aromatic heterocycles. The summed E-state index contributed by atoms with van der Waals surface area (Å²) in [6, 6.07) is 3.84. The van der Waals surface area contributed by atoms with Crippen LogP contribution in [0.4, 0.5) is 10.1 Å². The van der Waals surface area contributed by atoms with Crippen LogP contribution in [0.3, 0.4) is 0 Å². The molecule has 0 radical (unpaired) electrons. The molecule has 0 aliphatic rings. The van der Waals surface area contributed by atoms with E-state index < -0.39 is 22.5 Å². The minimum Gasteiger partial charge on any atom is -0.393 e. The van der Waals surface area contributed by atoms with Crippen molar-refractivity contribution in [1.29, 1.82) is 0 Å². The molecule has 0 heterocycles. The van der Waals surface area contributed by atoms with Crippen molar-refractivity contribution in [3.63, 3.8) is 0 Å². The standard InChI is InChI=1S/C12H16FNO3/c1-8(2)12(15)6-4-9-3-5-11(14(16)17)10(13)7-9/h3,5,7-8,12,15H,4,6H2,1-2H3. The zero-order valence-electron chi connectivity index (χ0n) is 9.89. The van der Waals surface area contributed by atoms with Gasteiger partial charge in [-0.25, -0.2) is 0 Å². The number of aliphatic hydroxyl groups is 1. The van der Waals surface area contributed by atoms with Gasteiger partial charge in [0.05, 0.1) is 11.0 Å². The molecule has 1 rings (SSSR count). The highest BCUT2D eigenvalue weighted by Gasteiger charge is 2.14. The van der Waals surface area contributed by atoms with Gasteiger partial charge in [-0.05, 0) is 30.4 Å². The number of nitro benzene ring substituents is 1. The van der Waals surface area contributed by atoms with Crippen molar-refractivity contribution >= 4 is 5.69 Å². The van der Waals surface area contributed by atoms with E-state index in [-0.39, 0.29) is 5.92 Å². The summed E-state index contributed by atoms with van der Waals surface area (Å²) in [5.74, 6) is -0.676. The molecule has 0 aliphatic heterocycles. The first-order valence-corrected chi connectivity index (χ1v) is 5.52. The monoisotopic (exact) mass is 241 g/mol. The summed E-state index contributed by atoms with van der Waals surface area (Å²) in [5, 5.41) is 20.0. The average molecular weight is 241 g/mol. The van der Waals surface area contributed by atoms with Crippen LogP contribution < -0.4 is 0 Å². The second-order valence-corrected chi connectivity index (χ2v) is 4.39. The summed E-state index contributed by atoms with van der Waals surface area (Å²) < 4.78 is 13.3. The van der Waals surface area contributed by atoms with E-state index in [1.54, 1.807) is 0 Å². The number of rotatable bonds is 5. The minimum absolute atomic E-state index is 0.151. The Morgan fingerprint density at radius 3 is 2.59 bits per heavy atom. The summed E-state index contributed by atoms with van der Waals surface area (Å²) >= 11 is 0. The van der Waals surface area contributed by atoms with Gasteiger partial charge in [0.25, 0.3) is 0 Å². The Morgan fingerprint density at radius 1 is 1.47 bits per heavy atom.